The lowest BCUT2D eigenvalue weighted by Gasteiger charge is -1.85. The maximum atomic E-state index is 5.11. The van der Waals surface area contributed by atoms with Crippen LogP contribution in [0.3, 0.4) is 0 Å². The molecular weight excluding hydrogens is 200 g/mol. The average Bonchev–Trinajstić information content (AvgIpc) is 2.17. The van der Waals surface area contributed by atoms with Crippen LogP contribution in [0.2, 0.25) is 0 Å². The number of hydrogen-bond acceptors (Lipinski definition) is 2. The Hall–Kier alpha value is 0.110. The molecule has 0 saturated heterocycles. The van der Waals surface area contributed by atoms with Crippen LogP contribution in [0.25, 0.3) is 0 Å². The van der Waals surface area contributed by atoms with Gasteiger partial charge in [-0.1, -0.05) is 0 Å². The van der Waals surface area contributed by atoms with Crippen LogP contribution in [0.4, 0.5) is 0 Å². The third-order valence-corrected chi connectivity index (χ3v) is 1.62. The van der Waals surface area contributed by atoms with Gasteiger partial charge in [-0.05, 0) is 27.7 Å². The smallest absolute Gasteiger partial charge is 0.105 e. The number of thiol groups is 1. The highest BCUT2D eigenvalue weighted by Gasteiger charge is 1.95. The molecule has 0 bridgehead atoms. The van der Waals surface area contributed by atoms with Crippen molar-refractivity contribution in [2.45, 2.75) is 6.42 Å². The fraction of sp³-hybridized carbons (Fsp3) is 0.333. The molecule has 0 aliphatic carbocycles. The molecule has 0 aliphatic heterocycles. The second-order valence-electron chi connectivity index (χ2n) is 1.70. The van der Waals surface area contributed by atoms with E-state index in [0.29, 0.717) is 0 Å². The van der Waals surface area contributed by atoms with Crippen LogP contribution in [0.1, 0.15) is 5.76 Å². The quantitative estimate of drug-likeness (QED) is 0.735. The molecule has 0 atom stereocenters. The minimum absolute atomic E-state index is 0.833. The van der Waals surface area contributed by atoms with Crippen molar-refractivity contribution < 1.29 is 4.42 Å². The van der Waals surface area contributed by atoms with E-state index in [2.05, 4.69) is 28.6 Å². The van der Waals surface area contributed by atoms with Gasteiger partial charge >= 0.3 is 0 Å². The van der Waals surface area contributed by atoms with Gasteiger partial charge in [-0.2, -0.15) is 12.6 Å². The largest absolute Gasteiger partial charge is 0.468 e. The van der Waals surface area contributed by atoms with Gasteiger partial charge in [-0.3, -0.25) is 0 Å². The third-order valence-electron chi connectivity index (χ3n) is 0.980. The van der Waals surface area contributed by atoms with Gasteiger partial charge in [-0.15, -0.1) is 0 Å². The SMILES string of the molecule is SCCc1cc(Br)co1. The van der Waals surface area contributed by atoms with Crippen molar-refractivity contribution in [3.05, 3.63) is 22.6 Å². The minimum Gasteiger partial charge on any atom is -0.468 e. The molecule has 0 fully saturated rings. The molecule has 0 aliphatic rings. The first kappa shape index (κ1) is 7.22. The van der Waals surface area contributed by atoms with Gasteiger partial charge in [-0.25, -0.2) is 0 Å². The highest BCUT2D eigenvalue weighted by molar-refractivity contribution is 9.10. The predicted molar refractivity (Wildman–Crippen MR) is 44.0 cm³/mol. The molecule has 0 radical (unpaired) electrons. The third kappa shape index (κ3) is 2.06. The average molecular weight is 207 g/mol. The van der Waals surface area contributed by atoms with E-state index in [1.165, 1.54) is 0 Å². The highest BCUT2D eigenvalue weighted by Crippen LogP contribution is 2.14. The monoisotopic (exact) mass is 206 g/mol. The number of halogens is 1. The Morgan fingerprint density at radius 2 is 2.44 bits per heavy atom. The van der Waals surface area contributed by atoms with Gasteiger partial charge in [0, 0.05) is 6.42 Å². The molecule has 1 rings (SSSR count). The second-order valence-corrected chi connectivity index (χ2v) is 3.07. The molecule has 1 heterocycles. The molecule has 3 heteroatoms. The zero-order valence-electron chi connectivity index (χ0n) is 4.80. The second kappa shape index (κ2) is 3.32. The summed E-state index contributed by atoms with van der Waals surface area (Å²) in [5, 5.41) is 0. The van der Waals surface area contributed by atoms with Crippen molar-refractivity contribution in [1.29, 1.82) is 0 Å². The fourth-order valence-electron chi connectivity index (χ4n) is 0.595. The van der Waals surface area contributed by atoms with Gasteiger partial charge in [0.25, 0.3) is 0 Å². The summed E-state index contributed by atoms with van der Waals surface area (Å²) in [5.74, 6) is 1.82. The van der Waals surface area contributed by atoms with Crippen molar-refractivity contribution in [3.63, 3.8) is 0 Å². The summed E-state index contributed by atoms with van der Waals surface area (Å²) in [6.07, 6.45) is 2.58. The Bertz CT molecular complexity index is 185. The normalized spacial score (nSPS) is 10.0. The Labute approximate surface area is 68.0 Å². The molecule has 0 N–H and O–H groups in total. The van der Waals surface area contributed by atoms with Gasteiger partial charge in [0.15, 0.2) is 0 Å². The summed E-state index contributed by atoms with van der Waals surface area (Å²) in [6, 6.07) is 1.95. The summed E-state index contributed by atoms with van der Waals surface area (Å²) in [6.45, 7) is 0. The van der Waals surface area contributed by atoms with E-state index in [-0.39, 0.29) is 0 Å². The maximum Gasteiger partial charge on any atom is 0.105 e. The first-order chi connectivity index (χ1) is 4.33. The van der Waals surface area contributed by atoms with Crippen molar-refractivity contribution in [1.82, 2.24) is 0 Å². The van der Waals surface area contributed by atoms with Crippen LogP contribution >= 0.6 is 28.6 Å². The molecule has 0 unspecified atom stereocenters. The van der Waals surface area contributed by atoms with Crippen molar-refractivity contribution in [2.75, 3.05) is 5.75 Å². The fourth-order valence-corrected chi connectivity index (χ4v) is 1.16. The van der Waals surface area contributed by atoms with E-state index >= 15 is 0 Å². The zero-order valence-corrected chi connectivity index (χ0v) is 7.28. The van der Waals surface area contributed by atoms with Crippen LogP contribution < -0.4 is 0 Å². The van der Waals surface area contributed by atoms with Crippen LogP contribution in [-0.4, -0.2) is 5.75 Å². The highest BCUT2D eigenvalue weighted by atomic mass is 79.9. The van der Waals surface area contributed by atoms with E-state index in [9.17, 15) is 0 Å². The van der Waals surface area contributed by atoms with E-state index in [0.717, 1.165) is 22.4 Å². The van der Waals surface area contributed by atoms with Gasteiger partial charge < -0.3 is 4.42 Å². The topological polar surface area (TPSA) is 13.1 Å². The summed E-state index contributed by atoms with van der Waals surface area (Å²) in [5.41, 5.74) is 0. The van der Waals surface area contributed by atoms with Gasteiger partial charge in [0.05, 0.1) is 4.47 Å². The lowest BCUT2D eigenvalue weighted by atomic mass is 10.4. The van der Waals surface area contributed by atoms with Crippen molar-refractivity contribution in [3.8, 4) is 0 Å². The Kier molecular flexibility index (Phi) is 2.66. The van der Waals surface area contributed by atoms with Gasteiger partial charge in [0.1, 0.15) is 12.0 Å². The molecule has 9 heavy (non-hydrogen) atoms. The number of rotatable bonds is 2. The lowest BCUT2D eigenvalue weighted by molar-refractivity contribution is 0.516. The Morgan fingerprint density at radius 1 is 1.67 bits per heavy atom. The number of aryl methyl sites for hydroxylation is 1. The Morgan fingerprint density at radius 3 is 2.89 bits per heavy atom. The number of furan rings is 1. The summed E-state index contributed by atoms with van der Waals surface area (Å²) < 4.78 is 6.11. The molecule has 0 saturated carbocycles. The summed E-state index contributed by atoms with van der Waals surface area (Å²) in [7, 11) is 0. The number of hydrogen-bond donors (Lipinski definition) is 1. The van der Waals surface area contributed by atoms with Gasteiger partial charge in [0.2, 0.25) is 0 Å². The summed E-state index contributed by atoms with van der Waals surface area (Å²) in [4.78, 5) is 0. The lowest BCUT2D eigenvalue weighted by Crippen LogP contribution is -1.79. The van der Waals surface area contributed by atoms with E-state index < -0.39 is 0 Å². The molecule has 1 aromatic rings. The van der Waals surface area contributed by atoms with Crippen LogP contribution in [0, 0.1) is 0 Å². The zero-order chi connectivity index (χ0) is 6.69. The van der Waals surface area contributed by atoms with Crippen molar-refractivity contribution in [2.24, 2.45) is 0 Å². The van der Waals surface area contributed by atoms with Crippen LogP contribution in [0.15, 0.2) is 21.2 Å². The molecule has 50 valence electrons. The maximum absolute atomic E-state index is 5.11. The van der Waals surface area contributed by atoms with Crippen molar-refractivity contribution >= 4 is 28.6 Å². The van der Waals surface area contributed by atoms with E-state index in [4.69, 9.17) is 4.42 Å². The standard InChI is InChI=1S/C6H7BrOS/c7-5-3-6(1-2-9)8-4-5/h3-4,9H,1-2H2. The molecule has 0 amide bonds. The Balaban J connectivity index is 2.61. The molecule has 1 nitrogen and oxygen atoms in total. The van der Waals surface area contributed by atoms with E-state index in [1.54, 1.807) is 6.26 Å². The first-order valence-corrected chi connectivity index (χ1v) is 4.09. The summed E-state index contributed by atoms with van der Waals surface area (Å²) >= 11 is 7.35. The first-order valence-electron chi connectivity index (χ1n) is 2.66. The molecule has 0 spiro atoms. The molecule has 0 aromatic carbocycles. The predicted octanol–water partition coefficient (Wildman–Crippen LogP) is 2.51. The molecular formula is C6H7BrOS. The molecule has 1 aromatic heterocycles. The van der Waals surface area contributed by atoms with Crippen LogP contribution in [-0.2, 0) is 6.42 Å². The van der Waals surface area contributed by atoms with E-state index in [1.807, 2.05) is 6.07 Å². The van der Waals surface area contributed by atoms with Crippen LogP contribution in [0.5, 0.6) is 0 Å². The minimum atomic E-state index is 0.833.